The molecule has 3 saturated carbocycles. The third-order valence-electron chi connectivity index (χ3n) is 8.52. The molecule has 2 nitrogen and oxygen atoms in total. The average molecular weight is 413 g/mol. The molecule has 0 aromatic heterocycles. The van der Waals surface area contributed by atoms with Crippen LogP contribution in [-0.4, -0.2) is 21.9 Å². The van der Waals surface area contributed by atoms with Crippen LogP contribution in [0.1, 0.15) is 91.9 Å². The van der Waals surface area contributed by atoms with Gasteiger partial charge in [-0.25, -0.2) is 0 Å². The predicted molar refractivity (Wildman–Crippen MR) is 127 cm³/mol. The molecule has 2 unspecified atom stereocenters. The molecular formula is C28H44O2. The molecule has 0 bridgehead atoms. The van der Waals surface area contributed by atoms with Crippen molar-refractivity contribution in [3.63, 3.8) is 0 Å². The summed E-state index contributed by atoms with van der Waals surface area (Å²) in [7, 11) is 0. The fourth-order valence-corrected chi connectivity index (χ4v) is 6.68. The first-order valence-corrected chi connectivity index (χ1v) is 12.2. The van der Waals surface area contributed by atoms with Gasteiger partial charge in [-0.15, -0.1) is 0 Å². The highest BCUT2D eigenvalue weighted by Crippen LogP contribution is 2.60. The highest BCUT2D eigenvalue weighted by molar-refractivity contribution is 5.43. The van der Waals surface area contributed by atoms with Gasteiger partial charge in [0, 0.05) is 0 Å². The smallest absolute Gasteiger partial charge is 0.0995 e. The van der Waals surface area contributed by atoms with Crippen LogP contribution < -0.4 is 0 Å². The van der Waals surface area contributed by atoms with E-state index in [1.165, 1.54) is 44.1 Å². The summed E-state index contributed by atoms with van der Waals surface area (Å²) in [6, 6.07) is 0. The minimum atomic E-state index is -0.569. The molecule has 0 saturated heterocycles. The zero-order chi connectivity index (χ0) is 22.1. The first kappa shape index (κ1) is 23.5. The Morgan fingerprint density at radius 3 is 2.60 bits per heavy atom. The van der Waals surface area contributed by atoms with Crippen LogP contribution in [0.4, 0.5) is 0 Å². The average Bonchev–Trinajstić information content (AvgIpc) is 3.02. The van der Waals surface area contributed by atoms with Crippen molar-refractivity contribution in [3.8, 4) is 0 Å². The lowest BCUT2D eigenvalue weighted by atomic mass is 9.60. The van der Waals surface area contributed by atoms with Gasteiger partial charge in [0.1, 0.15) is 0 Å². The van der Waals surface area contributed by atoms with E-state index in [4.69, 9.17) is 0 Å². The maximum atomic E-state index is 10.3. The van der Waals surface area contributed by atoms with Gasteiger partial charge in [-0.05, 0) is 105 Å². The van der Waals surface area contributed by atoms with Crippen molar-refractivity contribution in [1.82, 2.24) is 0 Å². The Labute approximate surface area is 184 Å². The van der Waals surface area contributed by atoms with Gasteiger partial charge in [-0.2, -0.15) is 0 Å². The minimum Gasteiger partial charge on any atom is -0.390 e. The second-order valence-electron chi connectivity index (χ2n) is 11.3. The molecule has 168 valence electrons. The van der Waals surface area contributed by atoms with Gasteiger partial charge in [0.2, 0.25) is 0 Å². The Morgan fingerprint density at radius 2 is 1.90 bits per heavy atom. The molecule has 0 aromatic rings. The van der Waals surface area contributed by atoms with Gasteiger partial charge < -0.3 is 10.2 Å². The molecule has 2 N–H and O–H groups in total. The molecule has 3 fully saturated rings. The number of allylic oxidation sites excluding steroid dienone is 3. The molecule has 2 heteroatoms. The highest BCUT2D eigenvalue weighted by Gasteiger charge is 2.50. The van der Waals surface area contributed by atoms with Crippen molar-refractivity contribution in [2.24, 2.45) is 23.2 Å². The molecule has 0 radical (unpaired) electrons. The summed E-state index contributed by atoms with van der Waals surface area (Å²) < 4.78 is 0. The fraction of sp³-hybridized carbons (Fsp3) is 0.714. The highest BCUT2D eigenvalue weighted by atomic mass is 16.3. The lowest BCUT2D eigenvalue weighted by Crippen LogP contribution is -2.36. The molecule has 0 aliphatic heterocycles. The minimum absolute atomic E-state index is 0.411. The molecule has 3 aliphatic rings. The second kappa shape index (κ2) is 9.17. The van der Waals surface area contributed by atoms with Crippen LogP contribution in [0.2, 0.25) is 0 Å². The third-order valence-corrected chi connectivity index (χ3v) is 8.52. The zero-order valence-electron chi connectivity index (χ0n) is 19.8. The van der Waals surface area contributed by atoms with Crippen molar-refractivity contribution in [2.45, 2.75) is 104 Å². The number of aliphatic hydroxyl groups is 2. The standard InChI is InChI=1S/C28H44O2/c1-19(9-7-17-27(4,5)30)24-15-16-25-23(10-8-18-28(24,25)6)14-13-22-12-11-20(2)26(29)21(22)3/h13-14,19,24-26,29-30H,2-3,7-12,15-18H2,1,4-6H3/t19-,24?,25?,26+,28-/m1/s1. The van der Waals surface area contributed by atoms with Crippen LogP contribution in [0.25, 0.3) is 0 Å². The van der Waals surface area contributed by atoms with Crippen LogP contribution in [0, 0.1) is 23.2 Å². The second-order valence-corrected chi connectivity index (χ2v) is 11.3. The monoisotopic (exact) mass is 412 g/mol. The number of fused-ring (bicyclic) bond motifs is 1. The van der Waals surface area contributed by atoms with Gasteiger partial charge in [0.15, 0.2) is 0 Å². The van der Waals surface area contributed by atoms with E-state index >= 15 is 0 Å². The zero-order valence-corrected chi connectivity index (χ0v) is 19.8. The number of aliphatic hydroxyl groups excluding tert-OH is 1. The summed E-state index contributed by atoms with van der Waals surface area (Å²) in [6.45, 7) is 16.9. The Balaban J connectivity index is 1.70. The van der Waals surface area contributed by atoms with Gasteiger partial charge in [-0.3, -0.25) is 0 Å². The molecule has 0 aromatic carbocycles. The first-order valence-electron chi connectivity index (χ1n) is 12.2. The first-order chi connectivity index (χ1) is 14.0. The molecule has 0 heterocycles. The van der Waals surface area contributed by atoms with E-state index in [2.05, 4.69) is 39.2 Å². The van der Waals surface area contributed by atoms with Crippen molar-refractivity contribution in [3.05, 3.63) is 47.6 Å². The van der Waals surface area contributed by atoms with Crippen LogP contribution in [0.5, 0.6) is 0 Å². The molecule has 3 rings (SSSR count). The van der Waals surface area contributed by atoms with Gasteiger partial charge in [-0.1, -0.05) is 57.6 Å². The number of hydrogen-bond acceptors (Lipinski definition) is 2. The van der Waals surface area contributed by atoms with E-state index < -0.39 is 11.7 Å². The molecule has 0 spiro atoms. The number of rotatable bonds is 6. The maximum Gasteiger partial charge on any atom is 0.0995 e. The maximum absolute atomic E-state index is 10.3. The molecule has 3 aliphatic carbocycles. The fourth-order valence-electron chi connectivity index (χ4n) is 6.68. The van der Waals surface area contributed by atoms with Crippen LogP contribution in [0.3, 0.4) is 0 Å². The summed E-state index contributed by atoms with van der Waals surface area (Å²) in [6.07, 6.45) is 15.6. The normalized spacial score (nSPS) is 36.4. The van der Waals surface area contributed by atoms with E-state index in [1.807, 2.05) is 13.8 Å². The van der Waals surface area contributed by atoms with Crippen molar-refractivity contribution in [1.29, 1.82) is 0 Å². The van der Waals surface area contributed by atoms with E-state index in [9.17, 15) is 10.2 Å². The summed E-state index contributed by atoms with van der Waals surface area (Å²) in [5, 5.41) is 20.3. The van der Waals surface area contributed by atoms with Crippen LogP contribution in [-0.2, 0) is 0 Å². The van der Waals surface area contributed by atoms with Crippen LogP contribution >= 0.6 is 0 Å². The lowest BCUT2D eigenvalue weighted by molar-refractivity contribution is 0.0597. The Bertz CT molecular complexity index is 719. The predicted octanol–water partition coefficient (Wildman–Crippen LogP) is 6.90. The largest absolute Gasteiger partial charge is 0.390 e. The van der Waals surface area contributed by atoms with E-state index in [0.717, 1.165) is 48.7 Å². The van der Waals surface area contributed by atoms with Gasteiger partial charge in [0.25, 0.3) is 0 Å². The third kappa shape index (κ3) is 5.02. The molecule has 30 heavy (non-hydrogen) atoms. The Hall–Kier alpha value is -1.12. The molecule has 0 amide bonds. The molecule has 5 atom stereocenters. The molecular weight excluding hydrogens is 368 g/mol. The number of hydrogen-bond donors (Lipinski definition) is 2. The van der Waals surface area contributed by atoms with Crippen molar-refractivity contribution >= 4 is 0 Å². The summed E-state index contributed by atoms with van der Waals surface area (Å²) in [5.74, 6) is 2.20. The summed E-state index contributed by atoms with van der Waals surface area (Å²) in [5.41, 5.74) is 4.42. The SMILES string of the molecule is C=C1CCC(=CC=C2CCC[C@@]3(C)C2CCC3[C@H](C)CCCC(C)(C)O)C(=C)[C@H]1O. The Kier molecular flexibility index (Phi) is 7.19. The van der Waals surface area contributed by atoms with E-state index in [-0.39, 0.29) is 0 Å². The summed E-state index contributed by atoms with van der Waals surface area (Å²) in [4.78, 5) is 0. The van der Waals surface area contributed by atoms with Crippen LogP contribution in [0.15, 0.2) is 47.6 Å². The van der Waals surface area contributed by atoms with Gasteiger partial charge >= 0.3 is 0 Å². The lowest BCUT2D eigenvalue weighted by Gasteiger charge is -2.44. The van der Waals surface area contributed by atoms with Crippen molar-refractivity contribution < 1.29 is 10.2 Å². The topological polar surface area (TPSA) is 40.5 Å². The van der Waals surface area contributed by atoms with E-state index in [0.29, 0.717) is 11.3 Å². The van der Waals surface area contributed by atoms with Gasteiger partial charge in [0.05, 0.1) is 11.7 Å². The van der Waals surface area contributed by atoms with Crippen molar-refractivity contribution in [2.75, 3.05) is 0 Å². The van der Waals surface area contributed by atoms with E-state index in [1.54, 1.807) is 5.57 Å². The Morgan fingerprint density at radius 1 is 1.17 bits per heavy atom. The summed E-state index contributed by atoms with van der Waals surface area (Å²) >= 11 is 0. The quantitative estimate of drug-likeness (QED) is 0.466.